The number of rotatable bonds is 2. The summed E-state index contributed by atoms with van der Waals surface area (Å²) in [5.74, 6) is 0.769. The van der Waals surface area contributed by atoms with Gasteiger partial charge in [-0.3, -0.25) is 4.79 Å². The largest absolute Gasteiger partial charge is 0.388 e. The molecule has 0 aromatic rings. The molecule has 0 aromatic heterocycles. The molecule has 1 unspecified atom stereocenters. The third kappa shape index (κ3) is 2.33. The van der Waals surface area contributed by atoms with Crippen LogP contribution in [0.4, 0.5) is 0 Å². The lowest BCUT2D eigenvalue weighted by Crippen LogP contribution is -2.58. The zero-order valence-electron chi connectivity index (χ0n) is 10.9. The first-order chi connectivity index (χ1) is 7.88. The standard InChI is InChI=1S/C13H24N2O2/c1-10-6-13(7-10,8-14)11(16)15-5-3-4-12(2,17)9-15/h10,17H,3-9,14H2,1-2H3. The van der Waals surface area contributed by atoms with Crippen molar-refractivity contribution in [3.8, 4) is 0 Å². The minimum Gasteiger partial charge on any atom is -0.388 e. The molecule has 0 spiro atoms. The van der Waals surface area contributed by atoms with Crippen molar-refractivity contribution in [1.29, 1.82) is 0 Å². The van der Waals surface area contributed by atoms with Gasteiger partial charge in [0, 0.05) is 19.6 Å². The highest BCUT2D eigenvalue weighted by atomic mass is 16.3. The fourth-order valence-electron chi connectivity index (χ4n) is 3.43. The molecular weight excluding hydrogens is 216 g/mol. The van der Waals surface area contributed by atoms with Crippen molar-refractivity contribution in [2.24, 2.45) is 17.1 Å². The van der Waals surface area contributed by atoms with E-state index in [1.165, 1.54) is 0 Å². The van der Waals surface area contributed by atoms with E-state index in [0.717, 1.165) is 32.2 Å². The summed E-state index contributed by atoms with van der Waals surface area (Å²) in [6.45, 7) is 5.64. The number of nitrogens with zero attached hydrogens (tertiary/aromatic N) is 1. The third-order valence-corrected chi connectivity index (χ3v) is 4.28. The second-order valence-corrected chi connectivity index (χ2v) is 6.33. The Balaban J connectivity index is 2.04. The van der Waals surface area contributed by atoms with Gasteiger partial charge in [0.1, 0.15) is 0 Å². The van der Waals surface area contributed by atoms with Gasteiger partial charge in [0.05, 0.1) is 11.0 Å². The van der Waals surface area contributed by atoms with Gasteiger partial charge in [0.15, 0.2) is 0 Å². The molecule has 2 rings (SSSR count). The van der Waals surface area contributed by atoms with E-state index in [1.54, 1.807) is 0 Å². The highest BCUT2D eigenvalue weighted by Gasteiger charge is 2.50. The lowest BCUT2D eigenvalue weighted by molar-refractivity contribution is -0.155. The lowest BCUT2D eigenvalue weighted by atomic mass is 9.61. The van der Waals surface area contributed by atoms with Gasteiger partial charge in [-0.05, 0) is 38.5 Å². The van der Waals surface area contributed by atoms with Crippen molar-refractivity contribution in [2.75, 3.05) is 19.6 Å². The van der Waals surface area contributed by atoms with Crippen LogP contribution >= 0.6 is 0 Å². The Hall–Kier alpha value is -0.610. The van der Waals surface area contributed by atoms with E-state index < -0.39 is 5.60 Å². The summed E-state index contributed by atoms with van der Waals surface area (Å²) in [6.07, 6.45) is 3.47. The molecule has 4 heteroatoms. The minimum absolute atomic E-state index is 0.165. The Morgan fingerprint density at radius 2 is 2.18 bits per heavy atom. The molecule has 2 aliphatic rings. The van der Waals surface area contributed by atoms with Crippen LogP contribution in [-0.4, -0.2) is 41.1 Å². The van der Waals surface area contributed by atoms with Crippen molar-refractivity contribution < 1.29 is 9.90 Å². The Bertz CT molecular complexity index is 309. The molecule has 1 saturated heterocycles. The molecule has 1 aliphatic carbocycles. The van der Waals surface area contributed by atoms with Crippen LogP contribution in [0.5, 0.6) is 0 Å². The number of hydrogen-bond donors (Lipinski definition) is 2. The predicted octanol–water partition coefficient (Wildman–Crippen LogP) is 0.735. The maximum Gasteiger partial charge on any atom is 0.230 e. The molecule has 0 bridgehead atoms. The summed E-state index contributed by atoms with van der Waals surface area (Å²) >= 11 is 0. The maximum absolute atomic E-state index is 12.5. The van der Waals surface area contributed by atoms with E-state index in [1.807, 2.05) is 11.8 Å². The molecule has 1 atom stereocenters. The molecule has 0 radical (unpaired) electrons. The fourth-order valence-corrected chi connectivity index (χ4v) is 3.43. The van der Waals surface area contributed by atoms with Crippen LogP contribution in [0.25, 0.3) is 0 Å². The van der Waals surface area contributed by atoms with Crippen LogP contribution in [0.1, 0.15) is 39.5 Å². The van der Waals surface area contributed by atoms with Gasteiger partial charge in [-0.25, -0.2) is 0 Å². The normalized spacial score (nSPS) is 42.1. The second-order valence-electron chi connectivity index (χ2n) is 6.33. The van der Waals surface area contributed by atoms with E-state index in [-0.39, 0.29) is 11.3 Å². The Labute approximate surface area is 103 Å². The topological polar surface area (TPSA) is 66.6 Å². The van der Waals surface area contributed by atoms with Crippen molar-refractivity contribution in [1.82, 2.24) is 4.90 Å². The molecule has 98 valence electrons. The monoisotopic (exact) mass is 240 g/mol. The molecule has 0 aromatic carbocycles. The van der Waals surface area contributed by atoms with E-state index in [0.29, 0.717) is 19.0 Å². The number of piperidine rings is 1. The molecule has 1 amide bonds. The molecule has 2 fully saturated rings. The van der Waals surface area contributed by atoms with Gasteiger partial charge in [0.25, 0.3) is 0 Å². The number of likely N-dealkylation sites (tertiary alicyclic amines) is 1. The SMILES string of the molecule is CC1CC(CN)(C(=O)N2CCCC(C)(O)C2)C1. The average molecular weight is 240 g/mol. The van der Waals surface area contributed by atoms with Crippen LogP contribution in [0.2, 0.25) is 0 Å². The van der Waals surface area contributed by atoms with Gasteiger partial charge >= 0.3 is 0 Å². The number of carbonyl (C=O) groups excluding carboxylic acids is 1. The molecule has 3 N–H and O–H groups in total. The van der Waals surface area contributed by atoms with E-state index in [4.69, 9.17) is 5.73 Å². The highest BCUT2D eigenvalue weighted by Crippen LogP contribution is 2.46. The van der Waals surface area contributed by atoms with E-state index in [9.17, 15) is 9.90 Å². The fraction of sp³-hybridized carbons (Fsp3) is 0.923. The zero-order valence-corrected chi connectivity index (χ0v) is 10.9. The number of aliphatic hydroxyl groups is 1. The number of amides is 1. The molecule has 1 saturated carbocycles. The van der Waals surface area contributed by atoms with Crippen LogP contribution in [-0.2, 0) is 4.79 Å². The molecular formula is C13H24N2O2. The second kappa shape index (κ2) is 4.25. The van der Waals surface area contributed by atoms with Gasteiger partial charge < -0.3 is 15.7 Å². The van der Waals surface area contributed by atoms with Crippen molar-refractivity contribution >= 4 is 5.91 Å². The van der Waals surface area contributed by atoms with Gasteiger partial charge in [-0.2, -0.15) is 0 Å². The Kier molecular flexibility index (Phi) is 3.21. The Morgan fingerprint density at radius 3 is 2.65 bits per heavy atom. The van der Waals surface area contributed by atoms with E-state index in [2.05, 4.69) is 6.92 Å². The minimum atomic E-state index is -0.723. The first-order valence-corrected chi connectivity index (χ1v) is 6.60. The number of nitrogens with two attached hydrogens (primary N) is 1. The van der Waals surface area contributed by atoms with Crippen molar-refractivity contribution in [2.45, 2.75) is 45.1 Å². The number of hydrogen-bond acceptors (Lipinski definition) is 3. The highest BCUT2D eigenvalue weighted by molar-refractivity contribution is 5.84. The predicted molar refractivity (Wildman–Crippen MR) is 66.3 cm³/mol. The molecule has 4 nitrogen and oxygen atoms in total. The summed E-state index contributed by atoms with van der Waals surface area (Å²) < 4.78 is 0. The average Bonchev–Trinajstić information content (AvgIpc) is 2.22. The smallest absolute Gasteiger partial charge is 0.230 e. The third-order valence-electron chi connectivity index (χ3n) is 4.28. The number of β-amino-alcohol motifs (C(OH)–C–C–N with tert-alkyl or cyclic N) is 1. The Morgan fingerprint density at radius 1 is 1.53 bits per heavy atom. The van der Waals surface area contributed by atoms with Crippen LogP contribution < -0.4 is 5.73 Å². The van der Waals surface area contributed by atoms with Gasteiger partial charge in [-0.1, -0.05) is 6.92 Å². The zero-order chi connectivity index (χ0) is 12.7. The van der Waals surface area contributed by atoms with E-state index >= 15 is 0 Å². The first kappa shape index (κ1) is 12.8. The quantitative estimate of drug-likeness (QED) is 0.748. The number of carbonyl (C=O) groups is 1. The van der Waals surface area contributed by atoms with Crippen LogP contribution in [0.15, 0.2) is 0 Å². The summed E-state index contributed by atoms with van der Waals surface area (Å²) in [5, 5.41) is 10.0. The molecule has 17 heavy (non-hydrogen) atoms. The summed E-state index contributed by atoms with van der Waals surface area (Å²) in [6, 6.07) is 0. The lowest BCUT2D eigenvalue weighted by Gasteiger charge is -2.49. The van der Waals surface area contributed by atoms with Gasteiger partial charge in [0.2, 0.25) is 5.91 Å². The maximum atomic E-state index is 12.5. The summed E-state index contributed by atoms with van der Waals surface area (Å²) in [7, 11) is 0. The van der Waals surface area contributed by atoms with Gasteiger partial charge in [-0.15, -0.1) is 0 Å². The van der Waals surface area contributed by atoms with Crippen LogP contribution in [0, 0.1) is 11.3 Å². The summed E-state index contributed by atoms with van der Waals surface area (Å²) in [5.41, 5.74) is 4.75. The first-order valence-electron chi connectivity index (χ1n) is 6.60. The van der Waals surface area contributed by atoms with Crippen LogP contribution in [0.3, 0.4) is 0 Å². The van der Waals surface area contributed by atoms with Crippen molar-refractivity contribution in [3.63, 3.8) is 0 Å². The summed E-state index contributed by atoms with van der Waals surface area (Å²) in [4.78, 5) is 14.3. The molecule has 1 heterocycles. The molecule has 1 aliphatic heterocycles. The van der Waals surface area contributed by atoms with Crippen molar-refractivity contribution in [3.05, 3.63) is 0 Å².